The minimum absolute atomic E-state index is 0. The van der Waals surface area contributed by atoms with Gasteiger partial charge in [0.2, 0.25) is 5.91 Å². The van der Waals surface area contributed by atoms with Crippen molar-refractivity contribution in [1.29, 1.82) is 0 Å². The van der Waals surface area contributed by atoms with Gasteiger partial charge in [-0.2, -0.15) is 0 Å². The number of likely N-dealkylation sites (N-methyl/N-ethyl adjacent to an activating group) is 1. The predicted octanol–water partition coefficient (Wildman–Crippen LogP) is 0.569. The summed E-state index contributed by atoms with van der Waals surface area (Å²) in [6.45, 7) is 1.79. The molecule has 2 N–H and O–H groups in total. The van der Waals surface area contributed by atoms with Crippen LogP contribution in [0.15, 0.2) is 4.99 Å². The number of aliphatic imine (C=N–C) groups is 1. The van der Waals surface area contributed by atoms with Gasteiger partial charge in [0.1, 0.15) is 6.54 Å². The van der Waals surface area contributed by atoms with Gasteiger partial charge in [0.15, 0.2) is 5.96 Å². The van der Waals surface area contributed by atoms with E-state index in [0.717, 1.165) is 32.0 Å². The minimum atomic E-state index is 0. The lowest BCUT2D eigenvalue weighted by Gasteiger charge is -2.25. The van der Waals surface area contributed by atoms with Crippen LogP contribution in [-0.2, 0) is 9.53 Å². The molecule has 1 aliphatic carbocycles. The van der Waals surface area contributed by atoms with Crippen molar-refractivity contribution in [3.05, 3.63) is 0 Å². The Balaban J connectivity index is 0.00000200. The SMILES string of the molecule is CN(C)C(=O)CN=C(NC1CCOCC1)NC1CC1.I. The zero-order valence-corrected chi connectivity index (χ0v) is 14.6. The number of amides is 1. The van der Waals surface area contributed by atoms with E-state index >= 15 is 0 Å². The zero-order valence-electron chi connectivity index (χ0n) is 12.2. The molecule has 0 spiro atoms. The Morgan fingerprint density at radius 2 is 1.70 bits per heavy atom. The second-order valence-electron chi connectivity index (χ2n) is 5.40. The molecule has 1 amide bonds. The first-order chi connectivity index (χ1) is 9.15. The molecule has 7 heteroatoms. The average molecular weight is 396 g/mol. The molecule has 0 aromatic rings. The number of guanidine groups is 1. The van der Waals surface area contributed by atoms with Gasteiger partial charge in [0.25, 0.3) is 0 Å². The van der Waals surface area contributed by atoms with Gasteiger partial charge in [-0.25, -0.2) is 4.99 Å². The fraction of sp³-hybridized carbons (Fsp3) is 0.846. The van der Waals surface area contributed by atoms with Crippen molar-refractivity contribution >= 4 is 35.8 Å². The smallest absolute Gasteiger partial charge is 0.243 e. The standard InChI is InChI=1S/C13H24N4O2.HI/c1-17(2)12(18)9-14-13(15-10-3-4-10)16-11-5-7-19-8-6-11;/h10-11H,3-9H2,1-2H3,(H2,14,15,16);1H. The highest BCUT2D eigenvalue weighted by Gasteiger charge is 2.24. The van der Waals surface area contributed by atoms with Crippen molar-refractivity contribution in [2.75, 3.05) is 33.9 Å². The second kappa shape index (κ2) is 8.66. The Bertz CT molecular complexity index is 339. The Labute approximate surface area is 137 Å². The molecule has 6 nitrogen and oxygen atoms in total. The fourth-order valence-electron chi connectivity index (χ4n) is 1.88. The fourth-order valence-corrected chi connectivity index (χ4v) is 1.88. The molecule has 1 aliphatic heterocycles. The van der Waals surface area contributed by atoms with E-state index in [2.05, 4.69) is 15.6 Å². The molecule has 0 bridgehead atoms. The van der Waals surface area contributed by atoms with Gasteiger partial charge in [-0.3, -0.25) is 4.79 Å². The van der Waals surface area contributed by atoms with Crippen LogP contribution < -0.4 is 10.6 Å². The lowest BCUT2D eigenvalue weighted by molar-refractivity contribution is -0.127. The Morgan fingerprint density at radius 3 is 2.20 bits per heavy atom. The summed E-state index contributed by atoms with van der Waals surface area (Å²) in [5.74, 6) is 0.786. The van der Waals surface area contributed by atoms with E-state index in [1.807, 2.05) is 0 Å². The highest BCUT2D eigenvalue weighted by molar-refractivity contribution is 14.0. The first-order valence-electron chi connectivity index (χ1n) is 7.00. The molecule has 0 atom stereocenters. The molecule has 0 radical (unpaired) electrons. The van der Waals surface area contributed by atoms with E-state index in [-0.39, 0.29) is 36.4 Å². The summed E-state index contributed by atoms with van der Waals surface area (Å²) < 4.78 is 5.34. The maximum Gasteiger partial charge on any atom is 0.243 e. The molecular weight excluding hydrogens is 371 g/mol. The van der Waals surface area contributed by atoms with Gasteiger partial charge >= 0.3 is 0 Å². The Morgan fingerprint density at radius 1 is 1.15 bits per heavy atom. The van der Waals surface area contributed by atoms with Gasteiger partial charge in [0, 0.05) is 39.4 Å². The molecule has 0 aromatic carbocycles. The van der Waals surface area contributed by atoms with E-state index in [1.165, 1.54) is 12.8 Å². The maximum absolute atomic E-state index is 11.6. The first-order valence-corrected chi connectivity index (χ1v) is 7.00. The second-order valence-corrected chi connectivity index (χ2v) is 5.40. The summed E-state index contributed by atoms with van der Waals surface area (Å²) in [6, 6.07) is 0.925. The van der Waals surface area contributed by atoms with Crippen molar-refractivity contribution in [2.45, 2.75) is 37.8 Å². The molecule has 116 valence electrons. The monoisotopic (exact) mass is 396 g/mol. The molecule has 1 saturated carbocycles. The maximum atomic E-state index is 11.6. The third-order valence-corrected chi connectivity index (χ3v) is 3.35. The summed E-state index contributed by atoms with van der Waals surface area (Å²) in [7, 11) is 3.50. The largest absolute Gasteiger partial charge is 0.381 e. The molecule has 2 aliphatic rings. The van der Waals surface area contributed by atoms with Crippen LogP contribution in [0.25, 0.3) is 0 Å². The van der Waals surface area contributed by atoms with Gasteiger partial charge in [0.05, 0.1) is 0 Å². The van der Waals surface area contributed by atoms with E-state index < -0.39 is 0 Å². The summed E-state index contributed by atoms with van der Waals surface area (Å²) in [4.78, 5) is 17.5. The van der Waals surface area contributed by atoms with Crippen LogP contribution in [0, 0.1) is 0 Å². The van der Waals surface area contributed by atoms with Gasteiger partial charge in [-0.1, -0.05) is 0 Å². The van der Waals surface area contributed by atoms with Gasteiger partial charge in [-0.05, 0) is 25.7 Å². The first kappa shape index (κ1) is 17.5. The van der Waals surface area contributed by atoms with Crippen molar-refractivity contribution in [3.8, 4) is 0 Å². The number of halogens is 1. The summed E-state index contributed by atoms with van der Waals surface area (Å²) in [5, 5.41) is 6.77. The number of nitrogens with zero attached hydrogens (tertiary/aromatic N) is 2. The number of hydrogen-bond donors (Lipinski definition) is 2. The van der Waals surface area contributed by atoms with Crippen LogP contribution in [0.3, 0.4) is 0 Å². The lowest BCUT2D eigenvalue weighted by atomic mass is 10.1. The normalized spacial score (nSPS) is 20.0. The van der Waals surface area contributed by atoms with E-state index in [4.69, 9.17) is 4.74 Å². The molecule has 0 unspecified atom stereocenters. The van der Waals surface area contributed by atoms with Crippen LogP contribution in [0.2, 0.25) is 0 Å². The van der Waals surface area contributed by atoms with Gasteiger partial charge in [-0.15, -0.1) is 24.0 Å². The van der Waals surface area contributed by atoms with Crippen molar-refractivity contribution < 1.29 is 9.53 Å². The number of nitrogens with one attached hydrogen (secondary N) is 2. The van der Waals surface area contributed by atoms with Crippen molar-refractivity contribution in [3.63, 3.8) is 0 Å². The minimum Gasteiger partial charge on any atom is -0.381 e. The third-order valence-electron chi connectivity index (χ3n) is 3.35. The highest BCUT2D eigenvalue weighted by atomic mass is 127. The van der Waals surface area contributed by atoms with Crippen LogP contribution in [0.5, 0.6) is 0 Å². The van der Waals surface area contributed by atoms with Crippen LogP contribution in [0.4, 0.5) is 0 Å². The summed E-state index contributed by atoms with van der Waals surface area (Å²) >= 11 is 0. The van der Waals surface area contributed by atoms with Crippen LogP contribution >= 0.6 is 24.0 Å². The molecule has 1 saturated heterocycles. The summed E-state index contributed by atoms with van der Waals surface area (Å²) in [5.41, 5.74) is 0. The highest BCUT2D eigenvalue weighted by Crippen LogP contribution is 2.18. The Hall–Kier alpha value is -0.570. The number of rotatable bonds is 4. The number of carbonyl (C=O) groups excluding carboxylic acids is 1. The van der Waals surface area contributed by atoms with Crippen LogP contribution in [0.1, 0.15) is 25.7 Å². The number of carbonyl (C=O) groups is 1. The van der Waals surface area contributed by atoms with Gasteiger partial charge < -0.3 is 20.3 Å². The van der Waals surface area contributed by atoms with Crippen LogP contribution in [-0.4, -0.2) is 62.7 Å². The van der Waals surface area contributed by atoms with Crippen molar-refractivity contribution in [2.24, 2.45) is 4.99 Å². The van der Waals surface area contributed by atoms with E-state index in [1.54, 1.807) is 19.0 Å². The average Bonchev–Trinajstić information content (AvgIpc) is 3.20. The molecular formula is C13H25IN4O2. The third kappa shape index (κ3) is 6.25. The zero-order chi connectivity index (χ0) is 13.7. The molecule has 1 heterocycles. The Kier molecular flexibility index (Phi) is 7.57. The quantitative estimate of drug-likeness (QED) is 0.414. The molecule has 2 rings (SSSR count). The van der Waals surface area contributed by atoms with E-state index in [0.29, 0.717) is 12.1 Å². The molecule has 2 fully saturated rings. The topological polar surface area (TPSA) is 66.0 Å². The van der Waals surface area contributed by atoms with E-state index in [9.17, 15) is 4.79 Å². The number of ether oxygens (including phenoxy) is 1. The predicted molar refractivity (Wildman–Crippen MR) is 89.5 cm³/mol. The molecule has 20 heavy (non-hydrogen) atoms. The summed E-state index contributed by atoms with van der Waals surface area (Å²) in [6.07, 6.45) is 4.37. The lowest BCUT2D eigenvalue weighted by Crippen LogP contribution is -2.46. The molecule has 0 aromatic heterocycles. The number of hydrogen-bond acceptors (Lipinski definition) is 3. The van der Waals surface area contributed by atoms with Crippen molar-refractivity contribution in [1.82, 2.24) is 15.5 Å².